The summed E-state index contributed by atoms with van der Waals surface area (Å²) in [7, 11) is 6.00. The molecule has 0 unspecified atom stereocenters. The zero-order valence-electron chi connectivity index (χ0n) is 25.8. The second kappa shape index (κ2) is 13.1. The van der Waals surface area contributed by atoms with Crippen molar-refractivity contribution in [2.45, 2.75) is 70.7 Å². The number of carbonyl (C=O) groups is 1. The molecule has 0 radical (unpaired) electrons. The number of piperidine rings is 1. The van der Waals surface area contributed by atoms with E-state index >= 15 is 0 Å². The lowest BCUT2D eigenvalue weighted by Crippen LogP contribution is -2.42. The molecular formula is C35H44ClN3O3. The van der Waals surface area contributed by atoms with E-state index in [4.69, 9.17) is 21.1 Å². The topological polar surface area (TPSA) is 45.3 Å². The Balaban J connectivity index is 1.49. The first-order valence-electron chi connectivity index (χ1n) is 15.2. The number of amides is 1. The van der Waals surface area contributed by atoms with Gasteiger partial charge in [0.25, 0.3) is 0 Å². The molecule has 0 spiro atoms. The van der Waals surface area contributed by atoms with Crippen LogP contribution in [0.3, 0.4) is 0 Å². The fraction of sp³-hybridized carbons (Fsp3) is 0.457. The van der Waals surface area contributed by atoms with Crippen molar-refractivity contribution in [1.82, 2.24) is 9.80 Å². The van der Waals surface area contributed by atoms with Gasteiger partial charge in [0.2, 0.25) is 5.91 Å². The number of ether oxygens (including phenoxy) is 2. The number of methoxy groups -OCH3 is 1. The lowest BCUT2D eigenvalue weighted by molar-refractivity contribution is -0.118. The van der Waals surface area contributed by atoms with Gasteiger partial charge < -0.3 is 19.3 Å². The van der Waals surface area contributed by atoms with Gasteiger partial charge in [0, 0.05) is 35.9 Å². The number of hydrogen-bond donors (Lipinski definition) is 0. The van der Waals surface area contributed by atoms with E-state index in [9.17, 15) is 4.79 Å². The Bertz CT molecular complexity index is 1370. The van der Waals surface area contributed by atoms with Crippen molar-refractivity contribution in [2.75, 3.05) is 39.2 Å². The van der Waals surface area contributed by atoms with Crippen molar-refractivity contribution in [3.05, 3.63) is 87.9 Å². The number of benzene rings is 3. The number of fused-ring (bicyclic) bond motifs is 1. The summed E-state index contributed by atoms with van der Waals surface area (Å²) in [6.45, 7) is 8.63. The van der Waals surface area contributed by atoms with Crippen LogP contribution >= 0.6 is 11.6 Å². The second-order valence-electron chi connectivity index (χ2n) is 11.9. The number of nitrogens with zero attached hydrogens (tertiary/aromatic N) is 3. The van der Waals surface area contributed by atoms with Gasteiger partial charge in [-0.3, -0.25) is 9.69 Å². The maximum absolute atomic E-state index is 13.9. The highest BCUT2D eigenvalue weighted by atomic mass is 35.5. The summed E-state index contributed by atoms with van der Waals surface area (Å²) < 4.78 is 12.0. The third-order valence-corrected chi connectivity index (χ3v) is 9.36. The third-order valence-electron chi connectivity index (χ3n) is 9.11. The van der Waals surface area contributed by atoms with Crippen LogP contribution in [0, 0.1) is 0 Å². The van der Waals surface area contributed by atoms with Crippen LogP contribution in [0.1, 0.15) is 74.4 Å². The molecule has 7 heteroatoms. The maximum atomic E-state index is 13.9. The number of hydrogen-bond acceptors (Lipinski definition) is 5. The minimum absolute atomic E-state index is 0.0375. The minimum Gasteiger partial charge on any atom is -0.493 e. The Morgan fingerprint density at radius 3 is 2.24 bits per heavy atom. The molecule has 3 atom stereocenters. The Morgan fingerprint density at radius 2 is 1.64 bits per heavy atom. The fourth-order valence-corrected chi connectivity index (χ4v) is 6.41. The number of carbonyl (C=O) groups excluding carboxylic acids is 1. The van der Waals surface area contributed by atoms with Gasteiger partial charge in [-0.15, -0.1) is 0 Å². The number of anilines is 1. The van der Waals surface area contributed by atoms with Crippen LogP contribution in [0.4, 0.5) is 5.69 Å². The molecule has 1 amide bonds. The monoisotopic (exact) mass is 589 g/mol. The quantitative estimate of drug-likeness (QED) is 0.262. The fourth-order valence-electron chi connectivity index (χ4n) is 6.29. The molecule has 0 N–H and O–H groups in total. The molecule has 1 fully saturated rings. The molecule has 2 heterocycles. The predicted octanol–water partition coefficient (Wildman–Crippen LogP) is 7.29. The molecule has 6 nitrogen and oxygen atoms in total. The number of likely N-dealkylation sites (tertiary alicyclic amines) is 1. The molecule has 2 aliphatic heterocycles. The summed E-state index contributed by atoms with van der Waals surface area (Å²) in [4.78, 5) is 20.7. The standard InChI is InChI=1S/C35H44ClN3O3/c1-7-23(2)42-33-22-31-27(20-32(33)41-6)21-34(40)39(35(31)26-8-12-28(36)13-9-26)30-14-10-25(11-15-30)24(3)38-18-16-29(17-19-38)37(4)5/h8-15,20,22-24,29,35H,7,16-19,21H2,1-6H3/t23-,24+,35+/m1/s1. The van der Waals surface area contributed by atoms with Crippen molar-refractivity contribution in [1.29, 1.82) is 0 Å². The van der Waals surface area contributed by atoms with Crippen molar-refractivity contribution in [3.63, 3.8) is 0 Å². The van der Waals surface area contributed by atoms with Gasteiger partial charge >= 0.3 is 0 Å². The lowest BCUT2D eigenvalue weighted by Gasteiger charge is -2.39. The van der Waals surface area contributed by atoms with Gasteiger partial charge in [-0.25, -0.2) is 0 Å². The summed E-state index contributed by atoms with van der Waals surface area (Å²) in [5.41, 5.74) is 5.14. The Labute approximate surface area is 256 Å². The largest absolute Gasteiger partial charge is 0.493 e. The number of rotatable bonds is 9. The molecule has 0 aromatic heterocycles. The molecule has 0 saturated carbocycles. The summed E-state index contributed by atoms with van der Waals surface area (Å²) in [5.74, 6) is 1.39. The van der Waals surface area contributed by atoms with Crippen LogP contribution in [0.25, 0.3) is 0 Å². The van der Waals surface area contributed by atoms with Crippen LogP contribution in [-0.2, 0) is 11.2 Å². The first-order valence-corrected chi connectivity index (χ1v) is 15.5. The van der Waals surface area contributed by atoms with E-state index < -0.39 is 0 Å². The van der Waals surface area contributed by atoms with Crippen molar-refractivity contribution < 1.29 is 14.3 Å². The highest BCUT2D eigenvalue weighted by Crippen LogP contribution is 2.44. The van der Waals surface area contributed by atoms with E-state index in [2.05, 4.69) is 75.0 Å². The molecule has 5 rings (SSSR count). The molecule has 3 aromatic rings. The van der Waals surface area contributed by atoms with Gasteiger partial charge in [0.15, 0.2) is 11.5 Å². The highest BCUT2D eigenvalue weighted by molar-refractivity contribution is 6.30. The molecule has 42 heavy (non-hydrogen) atoms. The van der Waals surface area contributed by atoms with Crippen molar-refractivity contribution >= 4 is 23.2 Å². The predicted molar refractivity (Wildman–Crippen MR) is 171 cm³/mol. The lowest BCUT2D eigenvalue weighted by atomic mass is 9.86. The molecule has 0 aliphatic carbocycles. The van der Waals surface area contributed by atoms with Crippen LogP contribution in [0.15, 0.2) is 60.7 Å². The highest BCUT2D eigenvalue weighted by Gasteiger charge is 2.36. The molecule has 3 aromatic carbocycles. The average molecular weight is 590 g/mol. The molecular weight excluding hydrogens is 546 g/mol. The van der Waals surface area contributed by atoms with Crippen LogP contribution in [-0.4, -0.2) is 62.1 Å². The van der Waals surface area contributed by atoms with E-state index in [1.165, 1.54) is 18.4 Å². The number of halogens is 1. The van der Waals surface area contributed by atoms with Gasteiger partial charge in [0.05, 0.1) is 25.7 Å². The van der Waals surface area contributed by atoms with Gasteiger partial charge in [-0.2, -0.15) is 0 Å². The summed E-state index contributed by atoms with van der Waals surface area (Å²) in [6, 6.07) is 21.1. The molecule has 1 saturated heterocycles. The SMILES string of the molecule is CC[C@@H](C)Oc1cc2c(cc1OC)CC(=O)N(c1ccc([C@H](C)N3CCC(N(C)C)CC3)cc1)[C@H]2c1ccc(Cl)cc1. The second-order valence-corrected chi connectivity index (χ2v) is 12.4. The summed E-state index contributed by atoms with van der Waals surface area (Å²) >= 11 is 6.28. The van der Waals surface area contributed by atoms with Crippen LogP contribution in [0.5, 0.6) is 11.5 Å². The van der Waals surface area contributed by atoms with E-state index in [1.807, 2.05) is 35.2 Å². The Kier molecular flexibility index (Phi) is 9.46. The normalized spacial score (nSPS) is 19.5. The van der Waals surface area contributed by atoms with Gasteiger partial charge in [0.1, 0.15) is 0 Å². The maximum Gasteiger partial charge on any atom is 0.232 e. The zero-order chi connectivity index (χ0) is 30.0. The first-order chi connectivity index (χ1) is 20.2. The smallest absolute Gasteiger partial charge is 0.232 e. The molecule has 0 bridgehead atoms. The van der Waals surface area contributed by atoms with Gasteiger partial charge in [-0.1, -0.05) is 42.8 Å². The molecule has 224 valence electrons. The Morgan fingerprint density at radius 1 is 0.976 bits per heavy atom. The summed E-state index contributed by atoms with van der Waals surface area (Å²) in [6.07, 6.45) is 3.58. The van der Waals surface area contributed by atoms with Gasteiger partial charge in [-0.05, 0) is 106 Å². The summed E-state index contributed by atoms with van der Waals surface area (Å²) in [5, 5.41) is 0.663. The zero-order valence-corrected chi connectivity index (χ0v) is 26.5. The van der Waals surface area contributed by atoms with Crippen molar-refractivity contribution in [3.8, 4) is 11.5 Å². The van der Waals surface area contributed by atoms with Crippen molar-refractivity contribution in [2.24, 2.45) is 0 Å². The van der Waals surface area contributed by atoms with E-state index in [0.29, 0.717) is 35.0 Å². The Hall–Kier alpha value is -3.06. The van der Waals surface area contributed by atoms with Crippen LogP contribution in [0.2, 0.25) is 5.02 Å². The molecule has 2 aliphatic rings. The van der Waals surface area contributed by atoms with E-state index in [1.54, 1.807) is 7.11 Å². The van der Waals surface area contributed by atoms with E-state index in [-0.39, 0.29) is 18.1 Å². The van der Waals surface area contributed by atoms with Crippen LogP contribution < -0.4 is 14.4 Å². The first kappa shape index (κ1) is 30.4. The minimum atomic E-state index is -0.322. The van der Waals surface area contributed by atoms with E-state index in [0.717, 1.165) is 41.9 Å². The average Bonchev–Trinajstić information content (AvgIpc) is 3.00. The third kappa shape index (κ3) is 6.31.